The van der Waals surface area contributed by atoms with Crippen LogP contribution < -0.4 is 16.2 Å². The number of amides is 2. The molecule has 0 spiro atoms. The van der Waals surface area contributed by atoms with E-state index in [9.17, 15) is 19.2 Å². The Balaban J connectivity index is 2.11. The van der Waals surface area contributed by atoms with E-state index in [2.05, 4.69) is 16.2 Å². The molecule has 0 saturated heterocycles. The summed E-state index contributed by atoms with van der Waals surface area (Å²) in [6, 6.07) is 8.44. The van der Waals surface area contributed by atoms with Gasteiger partial charge in [0.1, 0.15) is 6.54 Å². The van der Waals surface area contributed by atoms with Gasteiger partial charge in [-0.3, -0.25) is 25.8 Å². The standard InChI is InChI=1S/C22H26N4O6S/c1-5-31-20(29)17-13(3)26(14(4)18(17)21(30)32-6-2)12-16(27)24-25-22(33)23-19(28)15-10-8-7-9-11-15/h7-11H,5-6,12H2,1-4H3,(H,24,27)(H2,23,25,28,33). The number of benzene rings is 1. The Morgan fingerprint density at radius 1 is 0.879 bits per heavy atom. The highest BCUT2D eigenvalue weighted by molar-refractivity contribution is 7.80. The fourth-order valence-corrected chi connectivity index (χ4v) is 3.28. The van der Waals surface area contributed by atoms with Crippen LogP contribution in [0.5, 0.6) is 0 Å². The third kappa shape index (κ3) is 6.39. The molecule has 176 valence electrons. The van der Waals surface area contributed by atoms with Crippen LogP contribution in [-0.2, 0) is 20.8 Å². The van der Waals surface area contributed by atoms with Gasteiger partial charge in [0, 0.05) is 17.0 Å². The largest absolute Gasteiger partial charge is 0.462 e. The van der Waals surface area contributed by atoms with Crippen molar-refractivity contribution in [3.8, 4) is 0 Å². The zero-order chi connectivity index (χ0) is 24.5. The lowest BCUT2D eigenvalue weighted by atomic mass is 10.1. The van der Waals surface area contributed by atoms with Crippen LogP contribution >= 0.6 is 12.2 Å². The van der Waals surface area contributed by atoms with Crippen LogP contribution in [0.3, 0.4) is 0 Å². The van der Waals surface area contributed by atoms with Crippen molar-refractivity contribution in [2.45, 2.75) is 34.2 Å². The third-order valence-corrected chi connectivity index (χ3v) is 4.83. The van der Waals surface area contributed by atoms with Gasteiger partial charge in [0.15, 0.2) is 5.11 Å². The fraction of sp³-hybridized carbons (Fsp3) is 0.318. The Bertz CT molecular complexity index is 1020. The third-order valence-electron chi connectivity index (χ3n) is 4.62. The molecule has 0 aliphatic rings. The lowest BCUT2D eigenvalue weighted by Crippen LogP contribution is -2.49. The number of nitrogens with one attached hydrogen (secondary N) is 3. The second-order valence-electron chi connectivity index (χ2n) is 6.77. The molecule has 3 N–H and O–H groups in total. The number of carbonyl (C=O) groups excluding carboxylic acids is 4. The van der Waals surface area contributed by atoms with Crippen molar-refractivity contribution in [3.63, 3.8) is 0 Å². The van der Waals surface area contributed by atoms with Gasteiger partial charge >= 0.3 is 11.9 Å². The molecule has 0 aliphatic heterocycles. The summed E-state index contributed by atoms with van der Waals surface area (Å²) in [6.07, 6.45) is 0. The second-order valence-corrected chi connectivity index (χ2v) is 7.18. The molecule has 2 aromatic rings. The Morgan fingerprint density at radius 2 is 1.39 bits per heavy atom. The van der Waals surface area contributed by atoms with Crippen LogP contribution in [-0.4, -0.2) is 46.6 Å². The summed E-state index contributed by atoms with van der Waals surface area (Å²) < 4.78 is 11.6. The highest BCUT2D eigenvalue weighted by atomic mass is 32.1. The number of rotatable bonds is 7. The van der Waals surface area contributed by atoms with Crippen molar-refractivity contribution in [2.24, 2.45) is 0 Å². The molecule has 33 heavy (non-hydrogen) atoms. The average Bonchev–Trinajstić information content (AvgIpc) is 3.03. The molecule has 1 aromatic heterocycles. The number of hydrazine groups is 1. The minimum Gasteiger partial charge on any atom is -0.462 e. The van der Waals surface area contributed by atoms with Crippen LogP contribution in [0.25, 0.3) is 0 Å². The van der Waals surface area contributed by atoms with Gasteiger partial charge in [-0.2, -0.15) is 0 Å². The van der Waals surface area contributed by atoms with Gasteiger partial charge in [-0.05, 0) is 52.0 Å². The maximum Gasteiger partial charge on any atom is 0.340 e. The molecular weight excluding hydrogens is 448 g/mol. The maximum absolute atomic E-state index is 12.5. The smallest absolute Gasteiger partial charge is 0.340 e. The van der Waals surface area contributed by atoms with Crippen molar-refractivity contribution in [1.82, 2.24) is 20.7 Å². The van der Waals surface area contributed by atoms with Crippen molar-refractivity contribution in [2.75, 3.05) is 13.2 Å². The number of carbonyl (C=O) groups is 4. The van der Waals surface area contributed by atoms with E-state index >= 15 is 0 Å². The van der Waals surface area contributed by atoms with E-state index in [1.165, 1.54) is 4.57 Å². The predicted molar refractivity (Wildman–Crippen MR) is 124 cm³/mol. The normalized spacial score (nSPS) is 10.2. The van der Waals surface area contributed by atoms with E-state index in [1.54, 1.807) is 58.0 Å². The maximum atomic E-state index is 12.5. The first-order valence-corrected chi connectivity index (χ1v) is 10.6. The number of thiocarbonyl (C=S) groups is 1. The Hall–Kier alpha value is -3.73. The molecule has 10 nitrogen and oxygen atoms in total. The Labute approximate surface area is 196 Å². The zero-order valence-corrected chi connectivity index (χ0v) is 19.6. The molecular formula is C22H26N4O6S. The monoisotopic (exact) mass is 474 g/mol. The summed E-state index contributed by atoms with van der Waals surface area (Å²) in [7, 11) is 0. The number of esters is 2. The molecule has 0 saturated carbocycles. The quantitative estimate of drug-likeness (QED) is 0.315. The van der Waals surface area contributed by atoms with E-state index in [1.807, 2.05) is 0 Å². The lowest BCUT2D eigenvalue weighted by Gasteiger charge is -2.13. The van der Waals surface area contributed by atoms with Gasteiger partial charge in [-0.1, -0.05) is 18.2 Å². The van der Waals surface area contributed by atoms with Crippen molar-refractivity contribution in [1.29, 1.82) is 0 Å². The van der Waals surface area contributed by atoms with Crippen molar-refractivity contribution < 1.29 is 28.7 Å². The van der Waals surface area contributed by atoms with E-state index in [0.29, 0.717) is 17.0 Å². The van der Waals surface area contributed by atoms with Crippen molar-refractivity contribution >= 4 is 41.1 Å². The lowest BCUT2D eigenvalue weighted by molar-refractivity contribution is -0.122. The molecule has 1 heterocycles. The second kappa shape index (κ2) is 11.8. The molecule has 11 heteroatoms. The molecule has 1 aromatic carbocycles. The van der Waals surface area contributed by atoms with Crippen LogP contribution in [0, 0.1) is 13.8 Å². The predicted octanol–water partition coefficient (Wildman–Crippen LogP) is 1.79. The Kier molecular flexibility index (Phi) is 9.10. The van der Waals surface area contributed by atoms with Gasteiger partial charge in [-0.25, -0.2) is 9.59 Å². The van der Waals surface area contributed by atoms with E-state index < -0.39 is 23.8 Å². The first-order chi connectivity index (χ1) is 15.7. The van der Waals surface area contributed by atoms with E-state index in [-0.39, 0.29) is 36.0 Å². The summed E-state index contributed by atoms with van der Waals surface area (Å²) >= 11 is 5.03. The number of aromatic nitrogens is 1. The number of hydrogen-bond acceptors (Lipinski definition) is 7. The van der Waals surface area contributed by atoms with Crippen LogP contribution in [0.2, 0.25) is 0 Å². The average molecular weight is 475 g/mol. The van der Waals surface area contributed by atoms with Gasteiger partial charge in [0.2, 0.25) is 0 Å². The van der Waals surface area contributed by atoms with Gasteiger partial charge in [0.25, 0.3) is 11.8 Å². The van der Waals surface area contributed by atoms with Gasteiger partial charge < -0.3 is 14.0 Å². The topological polar surface area (TPSA) is 128 Å². The molecule has 0 atom stereocenters. The Morgan fingerprint density at radius 3 is 1.88 bits per heavy atom. The summed E-state index contributed by atoms with van der Waals surface area (Å²) in [4.78, 5) is 49.5. The summed E-state index contributed by atoms with van der Waals surface area (Å²) in [5.74, 6) is -2.32. The number of nitrogens with zero attached hydrogens (tertiary/aromatic N) is 1. The molecule has 0 fully saturated rings. The van der Waals surface area contributed by atoms with E-state index in [4.69, 9.17) is 21.7 Å². The van der Waals surface area contributed by atoms with Crippen LogP contribution in [0.4, 0.5) is 0 Å². The summed E-state index contributed by atoms with van der Waals surface area (Å²) in [5, 5.41) is 2.35. The molecule has 2 amide bonds. The first kappa shape index (κ1) is 25.5. The van der Waals surface area contributed by atoms with Gasteiger partial charge in [0.05, 0.1) is 24.3 Å². The molecule has 0 aliphatic carbocycles. The fourth-order valence-electron chi connectivity index (χ4n) is 3.13. The van der Waals surface area contributed by atoms with Crippen molar-refractivity contribution in [3.05, 3.63) is 58.4 Å². The van der Waals surface area contributed by atoms with Crippen LogP contribution in [0.1, 0.15) is 56.3 Å². The highest BCUT2D eigenvalue weighted by Crippen LogP contribution is 2.24. The zero-order valence-electron chi connectivity index (χ0n) is 18.8. The molecule has 0 bridgehead atoms. The highest BCUT2D eigenvalue weighted by Gasteiger charge is 2.30. The molecule has 0 unspecified atom stereocenters. The molecule has 0 radical (unpaired) electrons. The van der Waals surface area contributed by atoms with Crippen LogP contribution in [0.15, 0.2) is 30.3 Å². The number of hydrogen-bond donors (Lipinski definition) is 3. The minimum absolute atomic E-state index is 0.0548. The minimum atomic E-state index is -0.678. The summed E-state index contributed by atoms with van der Waals surface area (Å²) in [5.41, 5.74) is 6.11. The van der Waals surface area contributed by atoms with Gasteiger partial charge in [-0.15, -0.1) is 0 Å². The number of ether oxygens (including phenoxy) is 2. The first-order valence-electron chi connectivity index (χ1n) is 10.2. The SMILES string of the molecule is CCOC(=O)c1c(C(=O)OCC)c(C)n(CC(=O)NNC(=S)NC(=O)c2ccccc2)c1C. The molecule has 2 rings (SSSR count). The van der Waals surface area contributed by atoms with E-state index in [0.717, 1.165) is 0 Å². The summed E-state index contributed by atoms with van der Waals surface area (Å²) in [6.45, 7) is 6.54.